The van der Waals surface area contributed by atoms with E-state index in [0.29, 0.717) is 6.54 Å². The summed E-state index contributed by atoms with van der Waals surface area (Å²) in [5.74, 6) is 0.962. The zero-order valence-corrected chi connectivity index (χ0v) is 15.0. The number of hydrogen-bond acceptors (Lipinski definition) is 4. The molecule has 2 aliphatic heterocycles. The molecule has 2 heterocycles. The van der Waals surface area contributed by atoms with Crippen molar-refractivity contribution in [3.8, 4) is 5.75 Å². The molecule has 0 bridgehead atoms. The first kappa shape index (κ1) is 16.7. The maximum Gasteiger partial charge on any atom is 0.122 e. The fraction of sp³-hybridized carbons (Fsp3) is 0.400. The van der Waals surface area contributed by atoms with E-state index in [-0.39, 0.29) is 0 Å². The van der Waals surface area contributed by atoms with Crippen molar-refractivity contribution in [2.75, 3.05) is 44.2 Å². The lowest BCUT2D eigenvalue weighted by Gasteiger charge is -2.37. The number of aliphatic hydroxyl groups excluding tert-OH is 1. The maximum atomic E-state index is 10.6. The van der Waals surface area contributed by atoms with E-state index >= 15 is 0 Å². The number of aliphatic hydroxyl groups is 1. The number of piperazine rings is 1. The Morgan fingerprint density at radius 2 is 1.88 bits per heavy atom. The molecular weight excluding hydrogens is 336 g/mol. The first-order chi connectivity index (χ1) is 12.2. The highest BCUT2D eigenvalue weighted by Gasteiger charge is 2.22. The maximum absolute atomic E-state index is 10.6. The van der Waals surface area contributed by atoms with Crippen molar-refractivity contribution in [2.45, 2.75) is 12.5 Å². The first-order valence-electron chi connectivity index (χ1n) is 8.86. The van der Waals surface area contributed by atoms with Gasteiger partial charge in [0.25, 0.3) is 0 Å². The summed E-state index contributed by atoms with van der Waals surface area (Å²) in [5.41, 5.74) is 3.29. The number of ether oxygens (including phenoxy) is 1. The number of halogens is 1. The molecule has 1 saturated heterocycles. The van der Waals surface area contributed by atoms with Gasteiger partial charge in [0.05, 0.1) is 23.4 Å². The summed E-state index contributed by atoms with van der Waals surface area (Å²) in [6.45, 7) is 5.12. The monoisotopic (exact) mass is 358 g/mol. The molecule has 2 aromatic rings. The smallest absolute Gasteiger partial charge is 0.122 e. The molecule has 0 unspecified atom stereocenters. The topological polar surface area (TPSA) is 35.9 Å². The Morgan fingerprint density at radius 3 is 2.68 bits per heavy atom. The molecule has 0 aromatic heterocycles. The van der Waals surface area contributed by atoms with Crippen molar-refractivity contribution >= 4 is 17.3 Å². The molecule has 25 heavy (non-hydrogen) atoms. The predicted molar refractivity (Wildman–Crippen MR) is 101 cm³/mol. The van der Waals surface area contributed by atoms with E-state index in [2.05, 4.69) is 21.9 Å². The molecule has 1 fully saturated rings. The average molecular weight is 359 g/mol. The Balaban J connectivity index is 1.35. The van der Waals surface area contributed by atoms with Crippen LogP contribution in [-0.2, 0) is 6.42 Å². The van der Waals surface area contributed by atoms with E-state index in [1.807, 2.05) is 30.3 Å². The second kappa shape index (κ2) is 7.24. The van der Waals surface area contributed by atoms with Crippen LogP contribution in [0, 0.1) is 0 Å². The molecular formula is C20H23ClN2O2. The Hall–Kier alpha value is -1.75. The molecule has 0 saturated carbocycles. The third-order valence-corrected chi connectivity index (χ3v) is 5.41. The number of benzene rings is 2. The van der Waals surface area contributed by atoms with E-state index < -0.39 is 6.10 Å². The first-order valence-corrected chi connectivity index (χ1v) is 9.24. The molecule has 1 atom stereocenters. The Bertz CT molecular complexity index is 744. The summed E-state index contributed by atoms with van der Waals surface area (Å²) < 4.78 is 5.54. The zero-order valence-electron chi connectivity index (χ0n) is 14.2. The van der Waals surface area contributed by atoms with Gasteiger partial charge in [-0.1, -0.05) is 29.8 Å². The molecule has 0 amide bonds. The highest BCUT2D eigenvalue weighted by Crippen LogP contribution is 2.29. The number of rotatable bonds is 4. The van der Waals surface area contributed by atoms with E-state index in [4.69, 9.17) is 16.3 Å². The van der Waals surface area contributed by atoms with Crippen LogP contribution in [0.4, 0.5) is 5.69 Å². The van der Waals surface area contributed by atoms with E-state index in [0.717, 1.165) is 61.2 Å². The summed E-state index contributed by atoms with van der Waals surface area (Å²) in [5, 5.41) is 11.4. The summed E-state index contributed by atoms with van der Waals surface area (Å²) in [6.07, 6.45) is 0.477. The third kappa shape index (κ3) is 3.61. The quantitative estimate of drug-likeness (QED) is 0.911. The summed E-state index contributed by atoms with van der Waals surface area (Å²) in [7, 11) is 0. The minimum Gasteiger partial charge on any atom is -0.493 e. The molecule has 4 nitrogen and oxygen atoms in total. The van der Waals surface area contributed by atoms with Gasteiger partial charge in [-0.3, -0.25) is 4.90 Å². The molecule has 132 valence electrons. The van der Waals surface area contributed by atoms with Gasteiger partial charge in [0, 0.05) is 39.1 Å². The van der Waals surface area contributed by atoms with Crippen LogP contribution in [0.3, 0.4) is 0 Å². The highest BCUT2D eigenvalue weighted by atomic mass is 35.5. The highest BCUT2D eigenvalue weighted by molar-refractivity contribution is 6.33. The molecule has 0 spiro atoms. The van der Waals surface area contributed by atoms with Gasteiger partial charge < -0.3 is 14.7 Å². The minimum absolute atomic E-state index is 0.460. The number of para-hydroxylation sites is 1. The zero-order chi connectivity index (χ0) is 17.2. The number of nitrogens with zero attached hydrogens (tertiary/aromatic N) is 2. The lowest BCUT2D eigenvalue weighted by molar-refractivity contribution is 0.109. The van der Waals surface area contributed by atoms with Crippen molar-refractivity contribution in [1.82, 2.24) is 4.90 Å². The Kier molecular flexibility index (Phi) is 4.84. The number of anilines is 1. The third-order valence-electron chi connectivity index (χ3n) is 5.09. The Morgan fingerprint density at radius 1 is 1.08 bits per heavy atom. The second-order valence-corrected chi connectivity index (χ2v) is 7.13. The van der Waals surface area contributed by atoms with Crippen LogP contribution in [0.25, 0.3) is 0 Å². The van der Waals surface area contributed by atoms with Gasteiger partial charge in [-0.15, -0.1) is 0 Å². The lowest BCUT2D eigenvalue weighted by Crippen LogP contribution is -2.47. The normalized spacial score (nSPS) is 18.7. The molecule has 4 rings (SSSR count). The van der Waals surface area contributed by atoms with Gasteiger partial charge in [0.2, 0.25) is 0 Å². The lowest BCUT2D eigenvalue weighted by atomic mass is 10.0. The van der Waals surface area contributed by atoms with Gasteiger partial charge in [0.15, 0.2) is 0 Å². The fourth-order valence-corrected chi connectivity index (χ4v) is 3.90. The van der Waals surface area contributed by atoms with Crippen LogP contribution < -0.4 is 9.64 Å². The summed E-state index contributed by atoms with van der Waals surface area (Å²) in [4.78, 5) is 4.64. The molecule has 0 aliphatic carbocycles. The van der Waals surface area contributed by atoms with Crippen LogP contribution in [0.2, 0.25) is 5.02 Å². The predicted octanol–water partition coefficient (Wildman–Crippen LogP) is 3.13. The van der Waals surface area contributed by atoms with Crippen molar-refractivity contribution < 1.29 is 9.84 Å². The van der Waals surface area contributed by atoms with Crippen LogP contribution in [0.1, 0.15) is 17.2 Å². The average Bonchev–Trinajstić information content (AvgIpc) is 3.10. The van der Waals surface area contributed by atoms with Crippen LogP contribution in [-0.4, -0.2) is 49.3 Å². The van der Waals surface area contributed by atoms with E-state index in [1.54, 1.807) is 0 Å². The van der Waals surface area contributed by atoms with Crippen molar-refractivity contribution in [2.24, 2.45) is 0 Å². The van der Waals surface area contributed by atoms with Gasteiger partial charge in [0.1, 0.15) is 5.75 Å². The van der Waals surface area contributed by atoms with Crippen molar-refractivity contribution in [3.63, 3.8) is 0 Å². The molecule has 0 radical (unpaired) electrons. The summed E-state index contributed by atoms with van der Waals surface area (Å²) in [6, 6.07) is 14.0. The van der Waals surface area contributed by atoms with Crippen LogP contribution in [0.15, 0.2) is 42.5 Å². The number of hydrogen-bond donors (Lipinski definition) is 1. The van der Waals surface area contributed by atoms with Crippen molar-refractivity contribution in [1.29, 1.82) is 0 Å². The van der Waals surface area contributed by atoms with E-state index in [1.165, 1.54) is 5.56 Å². The van der Waals surface area contributed by atoms with Crippen LogP contribution in [0.5, 0.6) is 5.75 Å². The molecule has 1 N–H and O–H groups in total. The van der Waals surface area contributed by atoms with Gasteiger partial charge in [-0.2, -0.15) is 0 Å². The largest absolute Gasteiger partial charge is 0.493 e. The standard InChI is InChI=1S/C20H23ClN2O2/c21-17-3-1-2-4-18(17)23-10-8-22(9-11-23)14-19(24)15-5-6-20-16(13-15)7-12-25-20/h1-6,13,19,24H,7-12,14H2/t19-/m1/s1. The van der Waals surface area contributed by atoms with Crippen LogP contribution >= 0.6 is 11.6 Å². The van der Waals surface area contributed by atoms with E-state index in [9.17, 15) is 5.11 Å². The second-order valence-electron chi connectivity index (χ2n) is 6.72. The molecule has 2 aliphatic rings. The summed E-state index contributed by atoms with van der Waals surface area (Å²) >= 11 is 6.30. The minimum atomic E-state index is -0.460. The number of β-amino-alcohol motifs (C(OH)–C–C–N with tert-alkyl or cyclic N) is 1. The molecule has 5 heteroatoms. The Labute approximate surface area is 153 Å². The number of fused-ring (bicyclic) bond motifs is 1. The van der Waals surface area contributed by atoms with Gasteiger partial charge >= 0.3 is 0 Å². The molecule has 2 aromatic carbocycles. The van der Waals surface area contributed by atoms with Crippen molar-refractivity contribution in [3.05, 3.63) is 58.6 Å². The van der Waals surface area contributed by atoms with Gasteiger partial charge in [-0.05, 0) is 35.4 Å². The SMILES string of the molecule is O[C@H](CN1CCN(c2ccccc2Cl)CC1)c1ccc2c(c1)CCO2. The van der Waals surface area contributed by atoms with Gasteiger partial charge in [-0.25, -0.2) is 0 Å². The fourth-order valence-electron chi connectivity index (χ4n) is 3.64.